The highest BCUT2D eigenvalue weighted by Crippen LogP contribution is 1.74. The minimum Gasteiger partial charge on any atom is -0.320 e. The Kier molecular flexibility index (Phi) is 16.8. The monoisotopic (exact) mass is 195 g/mol. The maximum absolute atomic E-state index is 3.38. The zero-order valence-corrected chi connectivity index (χ0v) is 8.97. The van der Waals surface area contributed by atoms with Crippen LogP contribution in [0, 0.1) is 0 Å². The maximum atomic E-state index is 3.38. The van der Waals surface area contributed by atoms with Crippen molar-refractivity contribution in [2.45, 2.75) is 12.8 Å². The minimum absolute atomic E-state index is 0. The molecule has 0 aliphatic rings. The van der Waals surface area contributed by atoms with Crippen molar-refractivity contribution < 1.29 is 0 Å². The second-order valence-electron chi connectivity index (χ2n) is 2.66. The zero-order valence-electron chi connectivity index (χ0n) is 8.15. The Morgan fingerprint density at radius 1 is 0.750 bits per heavy atom. The molecule has 4 heteroatoms. The lowest BCUT2D eigenvalue weighted by Crippen LogP contribution is -2.23. The molecule has 0 radical (unpaired) electrons. The molecule has 3 N–H and O–H groups in total. The molecule has 0 aromatic carbocycles. The average Bonchev–Trinajstić information content (AvgIpc) is 2.03. The fourth-order valence-electron chi connectivity index (χ4n) is 0.905. The topological polar surface area (TPSA) is 36.1 Å². The van der Waals surface area contributed by atoms with Gasteiger partial charge in [0.05, 0.1) is 0 Å². The highest BCUT2D eigenvalue weighted by atomic mass is 35.5. The Hall–Kier alpha value is 0.170. The van der Waals surface area contributed by atoms with E-state index in [4.69, 9.17) is 0 Å². The van der Waals surface area contributed by atoms with Crippen LogP contribution >= 0.6 is 12.4 Å². The fourth-order valence-corrected chi connectivity index (χ4v) is 0.905. The number of hydrogen-bond donors (Lipinski definition) is 3. The van der Waals surface area contributed by atoms with Gasteiger partial charge in [-0.2, -0.15) is 0 Å². The zero-order chi connectivity index (χ0) is 8.36. The van der Waals surface area contributed by atoms with Gasteiger partial charge >= 0.3 is 0 Å². The first-order valence-electron chi connectivity index (χ1n) is 4.41. The SMILES string of the molecule is CNCCCNCCCNC.Cl. The normalized spacial score (nSPS) is 9.50. The Morgan fingerprint density at radius 2 is 1.17 bits per heavy atom. The Balaban J connectivity index is 0. The van der Waals surface area contributed by atoms with Gasteiger partial charge in [0.2, 0.25) is 0 Å². The molecule has 0 amide bonds. The summed E-state index contributed by atoms with van der Waals surface area (Å²) in [6, 6.07) is 0. The van der Waals surface area contributed by atoms with Crippen LogP contribution in [-0.2, 0) is 0 Å². The molecule has 0 aromatic rings. The summed E-state index contributed by atoms with van der Waals surface area (Å²) in [5.41, 5.74) is 0. The summed E-state index contributed by atoms with van der Waals surface area (Å²) in [5, 5.41) is 9.61. The summed E-state index contributed by atoms with van der Waals surface area (Å²) in [4.78, 5) is 0. The van der Waals surface area contributed by atoms with Crippen LogP contribution in [-0.4, -0.2) is 40.3 Å². The van der Waals surface area contributed by atoms with E-state index in [0.29, 0.717) is 0 Å². The van der Waals surface area contributed by atoms with Crippen LogP contribution in [0.2, 0.25) is 0 Å². The fraction of sp³-hybridized carbons (Fsp3) is 1.00. The Bertz CT molecular complexity index is 63.3. The van der Waals surface area contributed by atoms with Gasteiger partial charge in [0.25, 0.3) is 0 Å². The molecule has 0 heterocycles. The molecular weight excluding hydrogens is 174 g/mol. The minimum atomic E-state index is 0. The average molecular weight is 196 g/mol. The van der Waals surface area contributed by atoms with Gasteiger partial charge in [0, 0.05) is 0 Å². The first-order chi connectivity index (χ1) is 5.41. The van der Waals surface area contributed by atoms with Crippen molar-refractivity contribution >= 4 is 12.4 Å². The van der Waals surface area contributed by atoms with E-state index in [2.05, 4.69) is 16.0 Å². The molecule has 0 saturated carbocycles. The van der Waals surface area contributed by atoms with Crippen molar-refractivity contribution in [3.63, 3.8) is 0 Å². The van der Waals surface area contributed by atoms with Crippen molar-refractivity contribution in [1.82, 2.24) is 16.0 Å². The van der Waals surface area contributed by atoms with Crippen molar-refractivity contribution in [3.05, 3.63) is 0 Å². The lowest BCUT2D eigenvalue weighted by Gasteiger charge is -2.03. The molecule has 0 spiro atoms. The third kappa shape index (κ3) is 12.8. The molecular formula is C8H22ClN3. The summed E-state index contributed by atoms with van der Waals surface area (Å²) < 4.78 is 0. The Morgan fingerprint density at radius 3 is 1.50 bits per heavy atom. The van der Waals surface area contributed by atoms with Gasteiger partial charge in [-0.15, -0.1) is 12.4 Å². The lowest BCUT2D eigenvalue weighted by molar-refractivity contribution is 0.594. The van der Waals surface area contributed by atoms with E-state index in [9.17, 15) is 0 Å². The van der Waals surface area contributed by atoms with Gasteiger partial charge in [0.15, 0.2) is 0 Å². The van der Waals surface area contributed by atoms with Crippen LogP contribution in [0.15, 0.2) is 0 Å². The smallest absolute Gasteiger partial charge is 0.00368 e. The predicted molar refractivity (Wildman–Crippen MR) is 57.2 cm³/mol. The number of hydrogen-bond acceptors (Lipinski definition) is 3. The molecule has 3 nitrogen and oxygen atoms in total. The molecule has 0 fully saturated rings. The summed E-state index contributed by atoms with van der Waals surface area (Å²) >= 11 is 0. The van der Waals surface area contributed by atoms with Gasteiger partial charge in [-0.3, -0.25) is 0 Å². The lowest BCUT2D eigenvalue weighted by atomic mass is 10.4. The van der Waals surface area contributed by atoms with E-state index in [1.165, 1.54) is 12.8 Å². The van der Waals surface area contributed by atoms with Gasteiger partial charge in [-0.1, -0.05) is 0 Å². The van der Waals surface area contributed by atoms with E-state index < -0.39 is 0 Å². The highest BCUT2D eigenvalue weighted by Gasteiger charge is 1.86. The highest BCUT2D eigenvalue weighted by molar-refractivity contribution is 5.85. The number of halogens is 1. The quantitative estimate of drug-likeness (QED) is 0.485. The first kappa shape index (κ1) is 14.7. The second-order valence-corrected chi connectivity index (χ2v) is 2.66. The van der Waals surface area contributed by atoms with Crippen molar-refractivity contribution in [3.8, 4) is 0 Å². The summed E-state index contributed by atoms with van der Waals surface area (Å²) in [6.45, 7) is 4.48. The van der Waals surface area contributed by atoms with Gasteiger partial charge in [-0.25, -0.2) is 0 Å². The molecule has 0 atom stereocenters. The molecule has 0 unspecified atom stereocenters. The molecule has 76 valence electrons. The molecule has 0 rings (SSSR count). The maximum Gasteiger partial charge on any atom is -0.00368 e. The number of nitrogens with one attached hydrogen (secondary N) is 3. The van der Waals surface area contributed by atoms with E-state index in [1.54, 1.807) is 0 Å². The third-order valence-electron chi connectivity index (χ3n) is 1.56. The molecule has 0 aromatic heterocycles. The molecule has 0 aliphatic heterocycles. The predicted octanol–water partition coefficient (Wildman–Crippen LogP) is 0.217. The summed E-state index contributed by atoms with van der Waals surface area (Å²) in [5.74, 6) is 0. The van der Waals surface area contributed by atoms with Crippen LogP contribution in [0.4, 0.5) is 0 Å². The van der Waals surface area contributed by atoms with Gasteiger partial charge < -0.3 is 16.0 Å². The van der Waals surface area contributed by atoms with E-state index in [0.717, 1.165) is 26.2 Å². The molecule has 12 heavy (non-hydrogen) atoms. The van der Waals surface area contributed by atoms with Crippen molar-refractivity contribution in [2.24, 2.45) is 0 Å². The standard InChI is InChI=1S/C8H21N3.ClH/c1-9-5-3-7-11-8-4-6-10-2;/h9-11H,3-8H2,1-2H3;1H. The molecule has 0 aliphatic carbocycles. The molecule has 0 bridgehead atoms. The van der Waals surface area contributed by atoms with Crippen molar-refractivity contribution in [2.75, 3.05) is 40.3 Å². The molecule has 0 saturated heterocycles. The van der Waals surface area contributed by atoms with Crippen LogP contribution < -0.4 is 16.0 Å². The van der Waals surface area contributed by atoms with Crippen molar-refractivity contribution in [1.29, 1.82) is 0 Å². The van der Waals surface area contributed by atoms with Crippen LogP contribution in [0.25, 0.3) is 0 Å². The summed E-state index contributed by atoms with van der Waals surface area (Å²) in [7, 11) is 3.97. The first-order valence-corrected chi connectivity index (χ1v) is 4.41. The number of rotatable bonds is 8. The van der Waals surface area contributed by atoms with Gasteiger partial charge in [0.1, 0.15) is 0 Å². The van der Waals surface area contributed by atoms with Crippen LogP contribution in [0.1, 0.15) is 12.8 Å². The van der Waals surface area contributed by atoms with Crippen LogP contribution in [0.3, 0.4) is 0 Å². The third-order valence-corrected chi connectivity index (χ3v) is 1.56. The second kappa shape index (κ2) is 13.7. The van der Waals surface area contributed by atoms with E-state index in [1.807, 2.05) is 14.1 Å². The van der Waals surface area contributed by atoms with Gasteiger partial charge in [-0.05, 0) is 53.1 Å². The van der Waals surface area contributed by atoms with E-state index in [-0.39, 0.29) is 12.4 Å². The van der Waals surface area contributed by atoms with E-state index >= 15 is 0 Å². The Labute approximate surface area is 82.1 Å². The van der Waals surface area contributed by atoms with Crippen LogP contribution in [0.5, 0.6) is 0 Å². The largest absolute Gasteiger partial charge is 0.320 e. The summed E-state index contributed by atoms with van der Waals surface area (Å²) in [6.07, 6.45) is 2.44.